The maximum Gasteiger partial charge on any atom is 0.460 e. The zero-order valence-corrected chi connectivity index (χ0v) is 15.2. The van der Waals surface area contributed by atoms with E-state index in [1.807, 2.05) is 0 Å². The number of aliphatic hydroxyl groups is 2. The van der Waals surface area contributed by atoms with Crippen molar-refractivity contribution in [3.05, 3.63) is 0 Å². The molecule has 0 aliphatic carbocycles. The van der Waals surface area contributed by atoms with Gasteiger partial charge in [-0.3, -0.25) is 4.79 Å². The highest BCUT2D eigenvalue weighted by atomic mass is 19.4. The first-order valence-electron chi connectivity index (χ1n) is 7.79. The van der Waals surface area contributed by atoms with Gasteiger partial charge in [0.05, 0.1) is 0 Å². The molecule has 0 rings (SSSR count). The van der Waals surface area contributed by atoms with Gasteiger partial charge in [-0.15, -0.1) is 0 Å². The van der Waals surface area contributed by atoms with Gasteiger partial charge in [-0.1, -0.05) is 0 Å². The van der Waals surface area contributed by atoms with E-state index in [1.54, 1.807) is 0 Å². The van der Waals surface area contributed by atoms with Gasteiger partial charge in [-0.25, -0.2) is 0 Å². The van der Waals surface area contributed by atoms with E-state index in [0.717, 1.165) is 0 Å². The third-order valence-corrected chi connectivity index (χ3v) is 4.23. The van der Waals surface area contributed by atoms with E-state index in [2.05, 4.69) is 0 Å². The maximum absolute atomic E-state index is 13.5. The molecule has 0 radical (unpaired) electrons. The topological polar surface area (TPSA) is 77.8 Å². The van der Waals surface area contributed by atoms with Crippen molar-refractivity contribution in [3.63, 3.8) is 0 Å². The number of rotatable bonds is 11. The van der Waals surface area contributed by atoms with Crippen molar-refractivity contribution in [2.45, 2.75) is 66.8 Å². The summed E-state index contributed by atoms with van der Waals surface area (Å²) in [5.74, 6) is -63.0. The quantitative estimate of drug-likeness (QED) is 0.255. The average molecular weight is 552 g/mol. The predicted molar refractivity (Wildman–Crippen MR) is 69.3 cm³/mol. The molecule has 1 atom stereocenters. The van der Waals surface area contributed by atoms with Crippen molar-refractivity contribution >= 4 is 5.97 Å². The number of halogens is 17. The summed E-state index contributed by atoms with van der Waals surface area (Å²) in [6.07, 6.45) is -16.3. The van der Waals surface area contributed by atoms with Crippen LogP contribution in [0.1, 0.15) is 12.8 Å². The first-order chi connectivity index (χ1) is 14.5. The van der Waals surface area contributed by atoms with Gasteiger partial charge in [0.15, 0.2) is 6.29 Å². The minimum Gasteiger partial charge on any atom is -0.481 e. The molecular formula is C13H9F17O4. The Morgan fingerprint density at radius 3 is 1.12 bits per heavy atom. The summed E-state index contributed by atoms with van der Waals surface area (Å²) >= 11 is 0. The van der Waals surface area contributed by atoms with Crippen LogP contribution in [0.5, 0.6) is 0 Å². The van der Waals surface area contributed by atoms with Crippen LogP contribution < -0.4 is 0 Å². The van der Waals surface area contributed by atoms with Crippen molar-refractivity contribution in [2.24, 2.45) is 5.92 Å². The zero-order valence-electron chi connectivity index (χ0n) is 15.2. The molecule has 0 spiro atoms. The van der Waals surface area contributed by atoms with Crippen LogP contribution in [-0.2, 0) is 4.79 Å². The maximum atomic E-state index is 13.5. The van der Waals surface area contributed by atoms with Crippen LogP contribution in [0.25, 0.3) is 0 Å². The second-order valence-electron chi connectivity index (χ2n) is 6.55. The molecule has 4 nitrogen and oxygen atoms in total. The Kier molecular flexibility index (Phi) is 8.24. The van der Waals surface area contributed by atoms with E-state index >= 15 is 0 Å². The fourth-order valence-electron chi connectivity index (χ4n) is 2.09. The van der Waals surface area contributed by atoms with E-state index in [4.69, 9.17) is 15.3 Å². The molecule has 0 bridgehead atoms. The summed E-state index contributed by atoms with van der Waals surface area (Å²) < 4.78 is 222. The van der Waals surface area contributed by atoms with Gasteiger partial charge in [0, 0.05) is 6.42 Å². The highest BCUT2D eigenvalue weighted by molar-refractivity contribution is 5.70. The van der Waals surface area contributed by atoms with Gasteiger partial charge in [0.25, 0.3) is 0 Å². The molecule has 21 heteroatoms. The van der Waals surface area contributed by atoms with Crippen LogP contribution in [0, 0.1) is 5.92 Å². The lowest BCUT2D eigenvalue weighted by Gasteiger charge is -2.42. The van der Waals surface area contributed by atoms with E-state index in [-0.39, 0.29) is 0 Å². The average Bonchev–Trinajstić information content (AvgIpc) is 2.58. The van der Waals surface area contributed by atoms with Gasteiger partial charge in [0.2, 0.25) is 0 Å². The summed E-state index contributed by atoms with van der Waals surface area (Å²) in [6.45, 7) is 0. The Morgan fingerprint density at radius 1 is 0.559 bits per heavy atom. The number of aliphatic carboxylic acids is 1. The van der Waals surface area contributed by atoms with Gasteiger partial charge in [-0.2, -0.15) is 74.6 Å². The summed E-state index contributed by atoms with van der Waals surface area (Å²) in [7, 11) is 0. The molecule has 0 fully saturated rings. The molecular weight excluding hydrogens is 543 g/mol. The molecule has 0 aliphatic rings. The molecule has 0 aromatic carbocycles. The van der Waals surface area contributed by atoms with E-state index in [0.29, 0.717) is 0 Å². The number of hydrogen-bond donors (Lipinski definition) is 3. The Balaban J connectivity index is 6.52. The van der Waals surface area contributed by atoms with Gasteiger partial charge in [-0.05, 0) is 6.42 Å². The van der Waals surface area contributed by atoms with Crippen molar-refractivity contribution < 1.29 is 94.8 Å². The van der Waals surface area contributed by atoms with Crippen LogP contribution in [0.4, 0.5) is 74.6 Å². The molecule has 0 amide bonds. The first kappa shape index (κ1) is 32.2. The number of carboxylic acid groups (broad SMARTS) is 1. The van der Waals surface area contributed by atoms with E-state index in [9.17, 15) is 79.4 Å². The van der Waals surface area contributed by atoms with Crippen LogP contribution in [0.15, 0.2) is 0 Å². The van der Waals surface area contributed by atoms with Crippen LogP contribution >= 0.6 is 0 Å². The van der Waals surface area contributed by atoms with Crippen molar-refractivity contribution in [2.75, 3.05) is 0 Å². The minimum absolute atomic E-state index is 2.18. The Bertz CT molecular complexity index is 742. The fraction of sp³-hybridized carbons (Fsp3) is 0.923. The van der Waals surface area contributed by atoms with Crippen molar-refractivity contribution in [1.82, 2.24) is 0 Å². The molecule has 34 heavy (non-hydrogen) atoms. The summed E-state index contributed by atoms with van der Waals surface area (Å²) in [5.41, 5.74) is 0. The lowest BCUT2D eigenvalue weighted by atomic mass is 9.87. The Hall–Kier alpha value is -1.80. The zero-order chi connectivity index (χ0) is 28.1. The second kappa shape index (κ2) is 8.70. The highest BCUT2D eigenvalue weighted by Gasteiger charge is 2.95. The molecule has 3 N–H and O–H groups in total. The monoisotopic (exact) mass is 552 g/mol. The number of aliphatic hydroxyl groups excluding tert-OH is 1. The molecule has 0 heterocycles. The summed E-state index contributed by atoms with van der Waals surface area (Å²) in [4.78, 5) is 10.5. The van der Waals surface area contributed by atoms with Gasteiger partial charge < -0.3 is 15.3 Å². The molecule has 0 saturated heterocycles. The van der Waals surface area contributed by atoms with E-state index < -0.39 is 78.7 Å². The van der Waals surface area contributed by atoms with Crippen molar-refractivity contribution in [3.8, 4) is 0 Å². The van der Waals surface area contributed by atoms with Crippen LogP contribution in [-0.4, -0.2) is 75.2 Å². The van der Waals surface area contributed by atoms with E-state index in [1.165, 1.54) is 0 Å². The number of carbonyl (C=O) groups is 1. The summed E-state index contributed by atoms with van der Waals surface area (Å²) in [6, 6.07) is 0. The van der Waals surface area contributed by atoms with Gasteiger partial charge >= 0.3 is 53.6 Å². The first-order valence-corrected chi connectivity index (χ1v) is 7.79. The second-order valence-corrected chi connectivity index (χ2v) is 6.55. The molecule has 1 unspecified atom stereocenters. The lowest BCUT2D eigenvalue weighted by Crippen LogP contribution is -2.74. The molecule has 0 aromatic heterocycles. The summed E-state index contributed by atoms with van der Waals surface area (Å²) in [5, 5.41) is 25.5. The third kappa shape index (κ3) is 4.55. The predicted octanol–water partition coefficient (Wildman–Crippen LogP) is 4.79. The normalized spacial score (nSPS) is 16.7. The molecule has 0 saturated carbocycles. The van der Waals surface area contributed by atoms with Crippen LogP contribution in [0.2, 0.25) is 0 Å². The molecule has 204 valence electrons. The number of hydrogen-bond acceptors (Lipinski definition) is 3. The highest BCUT2D eigenvalue weighted by Crippen LogP contribution is 2.64. The SMILES string of the molecule is O=C(O)C(CCC(F)(F)C(F)(F)C(F)(F)C(F)(F)C(F)(F)C(F)(F)C(F)(F)C(F)(F)F)C(O)O. The number of alkyl halides is 17. The standard InChI is InChI=1S/C13H9F17O4/c14-6(15,2-1-3(4(31)32)5(33)34)7(16,17)8(18,19)9(20,21)10(22,23)11(24,25)12(26,27)13(28,29)30/h3-4,31-32H,1-2H2,(H,33,34). The molecule has 0 aliphatic heterocycles. The largest absolute Gasteiger partial charge is 0.481 e. The molecule has 0 aromatic rings. The fourth-order valence-corrected chi connectivity index (χ4v) is 2.09. The van der Waals surface area contributed by atoms with Crippen LogP contribution in [0.3, 0.4) is 0 Å². The minimum atomic E-state index is -8.76. The smallest absolute Gasteiger partial charge is 0.460 e. The third-order valence-electron chi connectivity index (χ3n) is 4.23. The number of carboxylic acids is 1. The van der Waals surface area contributed by atoms with Crippen molar-refractivity contribution in [1.29, 1.82) is 0 Å². The Morgan fingerprint density at radius 2 is 0.853 bits per heavy atom. The Labute approximate surface area is 174 Å². The van der Waals surface area contributed by atoms with Gasteiger partial charge in [0.1, 0.15) is 5.92 Å². The lowest BCUT2D eigenvalue weighted by molar-refractivity contribution is -0.461.